The van der Waals surface area contributed by atoms with Gasteiger partial charge in [0.15, 0.2) is 11.6 Å². The van der Waals surface area contributed by atoms with Crippen LogP contribution >= 0.6 is 0 Å². The lowest BCUT2D eigenvalue weighted by Crippen LogP contribution is -2.25. The first kappa shape index (κ1) is 59.9. The average molecular weight is 1080 g/mol. The van der Waals surface area contributed by atoms with E-state index in [-0.39, 0.29) is 96.9 Å². The van der Waals surface area contributed by atoms with Crippen molar-refractivity contribution in [2.75, 3.05) is 10.6 Å². The van der Waals surface area contributed by atoms with Crippen LogP contribution in [0.3, 0.4) is 0 Å². The molecule has 6 rings (SSSR count). The van der Waals surface area contributed by atoms with E-state index < -0.39 is 70.6 Å². The number of fused-ring (bicyclic) bond motifs is 2. The summed E-state index contributed by atoms with van der Waals surface area (Å²) >= 11 is 0. The highest BCUT2D eigenvalue weighted by atomic mass is 19.4. The molecule has 0 radical (unpaired) electrons. The van der Waals surface area contributed by atoms with Crippen molar-refractivity contribution in [1.82, 2.24) is 0 Å². The van der Waals surface area contributed by atoms with Crippen LogP contribution in [0.5, 0.6) is 0 Å². The topological polar surface area (TPSA) is 167 Å². The van der Waals surface area contributed by atoms with Crippen LogP contribution in [0, 0.1) is 5.92 Å². The Bertz CT molecular complexity index is 2750. The standard InChI is InChI=1S/C27H27F6NO4.C27H25F6NO4/c2*28-26(29,30)19-12-16(13-20(15-19)27(31,32)33)11-18-8-7-17-14-21(9-10-22(17)25(18)38)34-23(35)5-3-1-2-4-6-24(36)37/h9-10,12-15,18H,1-8,11H2,(H,34,35)(H,36,37);9-15H,1-8H2,(H,34,35)(H,36,37)/b;18-11+. The van der Waals surface area contributed by atoms with Crippen molar-refractivity contribution in [3.05, 3.63) is 134 Å². The molecule has 0 aliphatic heterocycles. The van der Waals surface area contributed by atoms with E-state index in [4.69, 9.17) is 10.2 Å². The third-order valence-electron chi connectivity index (χ3n) is 12.5. The van der Waals surface area contributed by atoms with Crippen LogP contribution in [-0.4, -0.2) is 45.5 Å². The Balaban J connectivity index is 0.000000281. The number of carboxylic acids is 2. The lowest BCUT2D eigenvalue weighted by Gasteiger charge is -2.24. The molecule has 0 spiro atoms. The van der Waals surface area contributed by atoms with Gasteiger partial charge in [0.2, 0.25) is 11.8 Å². The van der Waals surface area contributed by atoms with Crippen LogP contribution in [0.4, 0.5) is 64.1 Å². The molecule has 22 heteroatoms. The number of unbranched alkanes of at least 4 members (excludes halogenated alkanes) is 6. The molecule has 0 heterocycles. The normalized spacial score (nSPS) is 15.3. The van der Waals surface area contributed by atoms with Gasteiger partial charge < -0.3 is 20.8 Å². The summed E-state index contributed by atoms with van der Waals surface area (Å²) in [6, 6.07) is 11.9. The van der Waals surface area contributed by atoms with Gasteiger partial charge in [-0.25, -0.2) is 0 Å². The van der Waals surface area contributed by atoms with Gasteiger partial charge in [-0.3, -0.25) is 28.8 Å². The van der Waals surface area contributed by atoms with Crippen LogP contribution in [0.1, 0.15) is 155 Å². The smallest absolute Gasteiger partial charge is 0.416 e. The summed E-state index contributed by atoms with van der Waals surface area (Å²) in [4.78, 5) is 71.4. The quantitative estimate of drug-likeness (QED) is 0.0409. The minimum atomic E-state index is -4.99. The van der Waals surface area contributed by atoms with E-state index in [1.807, 2.05) is 0 Å². The second kappa shape index (κ2) is 25.7. The molecule has 4 N–H and O–H groups in total. The average Bonchev–Trinajstić information content (AvgIpc) is 3.32. The second-order valence-corrected chi connectivity index (χ2v) is 18.5. The number of anilines is 2. The molecule has 0 fully saturated rings. The molecule has 0 aromatic heterocycles. The lowest BCUT2D eigenvalue weighted by molar-refractivity contribution is -0.144. The largest absolute Gasteiger partial charge is 0.481 e. The number of Topliss-reactive ketones (excluding diaryl/α,β-unsaturated/α-hetero) is 2. The van der Waals surface area contributed by atoms with Gasteiger partial charge in [-0.1, -0.05) is 25.7 Å². The molecule has 2 aliphatic rings. The molecule has 0 saturated carbocycles. The predicted octanol–water partition coefficient (Wildman–Crippen LogP) is 14.4. The van der Waals surface area contributed by atoms with Gasteiger partial charge >= 0.3 is 36.6 Å². The highest BCUT2D eigenvalue weighted by molar-refractivity contribution is 6.13. The number of halogens is 12. The fourth-order valence-electron chi connectivity index (χ4n) is 8.75. The Morgan fingerprint density at radius 1 is 0.500 bits per heavy atom. The van der Waals surface area contributed by atoms with Crippen molar-refractivity contribution in [1.29, 1.82) is 0 Å². The molecule has 10 nitrogen and oxygen atoms in total. The first-order valence-electron chi connectivity index (χ1n) is 24.1. The van der Waals surface area contributed by atoms with E-state index >= 15 is 0 Å². The highest BCUT2D eigenvalue weighted by Crippen LogP contribution is 2.40. The number of carbonyl (C=O) groups is 6. The maximum Gasteiger partial charge on any atom is 0.416 e. The van der Waals surface area contributed by atoms with Gasteiger partial charge in [0.25, 0.3) is 0 Å². The first-order valence-corrected chi connectivity index (χ1v) is 24.1. The van der Waals surface area contributed by atoms with Gasteiger partial charge in [-0.2, -0.15) is 52.7 Å². The van der Waals surface area contributed by atoms with Crippen LogP contribution in [0.25, 0.3) is 6.08 Å². The Morgan fingerprint density at radius 3 is 1.34 bits per heavy atom. The van der Waals surface area contributed by atoms with Gasteiger partial charge in [-0.05, 0) is 159 Å². The summed E-state index contributed by atoms with van der Waals surface area (Å²) in [5, 5.41) is 22.7. The van der Waals surface area contributed by atoms with Gasteiger partial charge in [-0.15, -0.1) is 0 Å². The van der Waals surface area contributed by atoms with E-state index in [2.05, 4.69) is 10.6 Å². The Hall–Kier alpha value is -7.00. The number of hydrogen-bond acceptors (Lipinski definition) is 6. The number of alkyl halides is 12. The minimum Gasteiger partial charge on any atom is -0.481 e. The highest BCUT2D eigenvalue weighted by Gasteiger charge is 2.39. The number of carbonyl (C=O) groups excluding carboxylic acids is 4. The second-order valence-electron chi connectivity index (χ2n) is 18.5. The molecule has 1 unspecified atom stereocenters. The summed E-state index contributed by atoms with van der Waals surface area (Å²) in [6.45, 7) is 0. The number of aryl methyl sites for hydroxylation is 2. The Morgan fingerprint density at radius 2 is 0.908 bits per heavy atom. The van der Waals surface area contributed by atoms with Crippen molar-refractivity contribution in [3.8, 4) is 0 Å². The monoisotopic (exact) mass is 1080 g/mol. The molecule has 4 aromatic carbocycles. The molecule has 4 aromatic rings. The SMILES string of the molecule is O=C(O)CCCCCCC(=O)Nc1ccc2c(c1)CC/C(=C\c1cc(C(F)(F)F)cc(C(F)(F)F)c1)C2=O.O=C(O)CCCCCCC(=O)Nc1ccc2c(c1)CCC(Cc1cc(C(F)(F)F)cc(C(F)(F)F)c1)C2=O. The van der Waals surface area contributed by atoms with Crippen LogP contribution in [-0.2, 0) is 63.1 Å². The minimum absolute atomic E-state index is 0.0370. The van der Waals surface area contributed by atoms with Crippen LogP contribution in [0.15, 0.2) is 78.4 Å². The summed E-state index contributed by atoms with van der Waals surface area (Å²) in [5.74, 6) is -3.82. The predicted molar refractivity (Wildman–Crippen MR) is 254 cm³/mol. The van der Waals surface area contributed by atoms with Crippen molar-refractivity contribution in [2.24, 2.45) is 5.92 Å². The number of aliphatic carboxylic acids is 2. The molecule has 2 amide bonds. The first-order chi connectivity index (χ1) is 35.5. The summed E-state index contributed by atoms with van der Waals surface area (Å²) in [5.41, 5.74) is -3.41. The van der Waals surface area contributed by atoms with Crippen molar-refractivity contribution < 1.29 is 91.7 Å². The molecule has 1 atom stereocenters. The molecular weight excluding hydrogens is 1030 g/mol. The van der Waals surface area contributed by atoms with Gasteiger partial charge in [0, 0.05) is 59.7 Å². The molecule has 0 bridgehead atoms. The number of benzene rings is 4. The van der Waals surface area contributed by atoms with Crippen LogP contribution < -0.4 is 10.6 Å². The number of carboxylic acid groups (broad SMARTS) is 2. The third kappa shape index (κ3) is 18.1. The molecule has 0 saturated heterocycles. The molecule has 2 aliphatic carbocycles. The van der Waals surface area contributed by atoms with E-state index in [9.17, 15) is 81.5 Å². The van der Waals surface area contributed by atoms with Gasteiger partial charge in [0.05, 0.1) is 22.3 Å². The number of nitrogens with one attached hydrogen (secondary N) is 2. The fraction of sp³-hybridized carbons (Fsp3) is 0.407. The summed E-state index contributed by atoms with van der Waals surface area (Å²) in [7, 11) is 0. The maximum atomic E-state index is 13.2. The van der Waals surface area contributed by atoms with Gasteiger partial charge in [0.1, 0.15) is 0 Å². The van der Waals surface area contributed by atoms with E-state index in [0.717, 1.165) is 12.5 Å². The number of allylic oxidation sites excluding steroid dienone is 1. The van der Waals surface area contributed by atoms with Crippen molar-refractivity contribution in [3.63, 3.8) is 0 Å². The number of ketones is 2. The zero-order valence-electron chi connectivity index (χ0n) is 40.5. The number of hydrogen-bond donors (Lipinski definition) is 4. The Labute approximate surface area is 427 Å². The molecule has 76 heavy (non-hydrogen) atoms. The lowest BCUT2D eigenvalue weighted by atomic mass is 9.79. The van der Waals surface area contributed by atoms with E-state index in [1.165, 1.54) is 24.3 Å². The maximum absolute atomic E-state index is 13.2. The number of amides is 2. The van der Waals surface area contributed by atoms with Crippen molar-refractivity contribution in [2.45, 2.75) is 134 Å². The number of rotatable bonds is 19. The summed E-state index contributed by atoms with van der Waals surface area (Å²) < 4.78 is 158. The zero-order chi connectivity index (χ0) is 56.2. The zero-order valence-corrected chi connectivity index (χ0v) is 40.5. The summed E-state index contributed by atoms with van der Waals surface area (Å²) in [6.07, 6.45) is -12.2. The Kier molecular flexibility index (Phi) is 20.2. The third-order valence-corrected chi connectivity index (χ3v) is 12.5. The fourth-order valence-corrected chi connectivity index (χ4v) is 8.75. The van der Waals surface area contributed by atoms with Crippen molar-refractivity contribution >= 4 is 52.8 Å². The molecular formula is C54H52F12N2O8. The van der Waals surface area contributed by atoms with E-state index in [1.54, 1.807) is 12.1 Å². The van der Waals surface area contributed by atoms with E-state index in [0.29, 0.717) is 110 Å². The van der Waals surface area contributed by atoms with Crippen LogP contribution in [0.2, 0.25) is 0 Å². The molecule has 410 valence electrons.